The number of nitriles is 1. The van der Waals surface area contributed by atoms with E-state index in [9.17, 15) is 4.79 Å². The van der Waals surface area contributed by atoms with Crippen LogP contribution in [-0.2, 0) is 4.74 Å². The summed E-state index contributed by atoms with van der Waals surface area (Å²) < 4.78 is 5.11. The molecule has 1 amide bonds. The zero-order chi connectivity index (χ0) is 13.1. The standard InChI is InChI=1S/C11H16N4O2/c1-7(9-5-8(6-12)14-15-9)13-10(16)17-11(2,3)4/h5,7H,1-4H3,(H,13,16)(H,14,15)/t7-/m1/s1. The Balaban J connectivity index is 2.58. The summed E-state index contributed by atoms with van der Waals surface area (Å²) in [6, 6.07) is 3.20. The largest absolute Gasteiger partial charge is 0.444 e. The summed E-state index contributed by atoms with van der Waals surface area (Å²) >= 11 is 0. The van der Waals surface area contributed by atoms with Crippen LogP contribution in [0, 0.1) is 11.3 Å². The summed E-state index contributed by atoms with van der Waals surface area (Å²) in [5.41, 5.74) is 0.417. The van der Waals surface area contributed by atoms with Crippen molar-refractivity contribution >= 4 is 6.09 Å². The van der Waals surface area contributed by atoms with Crippen LogP contribution >= 0.6 is 0 Å². The highest BCUT2D eigenvalue weighted by atomic mass is 16.6. The molecule has 17 heavy (non-hydrogen) atoms. The molecule has 1 aromatic rings. The third-order valence-corrected chi connectivity index (χ3v) is 1.91. The van der Waals surface area contributed by atoms with E-state index >= 15 is 0 Å². The summed E-state index contributed by atoms with van der Waals surface area (Å²) in [7, 11) is 0. The Hall–Kier alpha value is -2.03. The molecule has 92 valence electrons. The third kappa shape index (κ3) is 4.15. The molecule has 0 aliphatic carbocycles. The van der Waals surface area contributed by atoms with Crippen LogP contribution in [0.2, 0.25) is 0 Å². The molecule has 1 aromatic heterocycles. The predicted molar refractivity (Wildman–Crippen MR) is 61.1 cm³/mol. The van der Waals surface area contributed by atoms with Gasteiger partial charge in [-0.1, -0.05) is 0 Å². The molecule has 2 N–H and O–H groups in total. The van der Waals surface area contributed by atoms with Gasteiger partial charge < -0.3 is 10.1 Å². The quantitative estimate of drug-likeness (QED) is 0.820. The lowest BCUT2D eigenvalue weighted by molar-refractivity contribution is 0.0507. The minimum absolute atomic E-state index is 0.290. The minimum Gasteiger partial charge on any atom is -0.444 e. The second-order valence-electron chi connectivity index (χ2n) is 4.69. The van der Waals surface area contributed by atoms with Crippen LogP contribution in [0.3, 0.4) is 0 Å². The predicted octanol–water partition coefficient (Wildman–Crippen LogP) is 1.87. The van der Waals surface area contributed by atoms with Gasteiger partial charge in [0.05, 0.1) is 11.7 Å². The number of H-pyrrole nitrogens is 1. The molecule has 0 aliphatic heterocycles. The number of alkyl carbamates (subject to hydrolysis) is 1. The van der Waals surface area contributed by atoms with Gasteiger partial charge in [0.2, 0.25) is 0 Å². The molecule has 6 nitrogen and oxygen atoms in total. The van der Waals surface area contributed by atoms with Gasteiger partial charge in [0.15, 0.2) is 5.69 Å². The number of aromatic nitrogens is 2. The molecular weight excluding hydrogens is 220 g/mol. The van der Waals surface area contributed by atoms with Crippen molar-refractivity contribution in [3.8, 4) is 6.07 Å². The van der Waals surface area contributed by atoms with Crippen molar-refractivity contribution in [1.82, 2.24) is 15.5 Å². The minimum atomic E-state index is -0.532. The normalized spacial score (nSPS) is 12.6. The van der Waals surface area contributed by atoms with Crippen LogP contribution < -0.4 is 5.32 Å². The van der Waals surface area contributed by atoms with E-state index in [0.717, 1.165) is 0 Å². The van der Waals surface area contributed by atoms with Gasteiger partial charge >= 0.3 is 6.09 Å². The average molecular weight is 236 g/mol. The Kier molecular flexibility index (Phi) is 3.73. The highest BCUT2D eigenvalue weighted by Crippen LogP contribution is 2.12. The molecule has 0 saturated carbocycles. The molecule has 1 rings (SSSR count). The zero-order valence-corrected chi connectivity index (χ0v) is 10.4. The lowest BCUT2D eigenvalue weighted by Gasteiger charge is -2.21. The number of hydrogen-bond donors (Lipinski definition) is 2. The molecule has 0 aromatic carbocycles. The number of nitrogens with zero attached hydrogens (tertiary/aromatic N) is 2. The zero-order valence-electron chi connectivity index (χ0n) is 10.4. The molecule has 6 heteroatoms. The summed E-state index contributed by atoms with van der Waals surface area (Å²) in [6.07, 6.45) is -0.502. The first-order valence-corrected chi connectivity index (χ1v) is 5.27. The summed E-state index contributed by atoms with van der Waals surface area (Å²) in [5.74, 6) is 0. The number of aromatic amines is 1. The second kappa shape index (κ2) is 4.87. The van der Waals surface area contributed by atoms with E-state index in [1.165, 1.54) is 0 Å². The monoisotopic (exact) mass is 236 g/mol. The van der Waals surface area contributed by atoms with E-state index in [1.54, 1.807) is 33.8 Å². The van der Waals surface area contributed by atoms with Crippen LogP contribution in [0.1, 0.15) is 45.1 Å². The average Bonchev–Trinajstić information content (AvgIpc) is 2.62. The van der Waals surface area contributed by atoms with E-state index < -0.39 is 11.7 Å². The van der Waals surface area contributed by atoms with Crippen molar-refractivity contribution < 1.29 is 9.53 Å². The highest BCUT2D eigenvalue weighted by Gasteiger charge is 2.19. The topological polar surface area (TPSA) is 90.8 Å². The Morgan fingerprint density at radius 3 is 2.76 bits per heavy atom. The lowest BCUT2D eigenvalue weighted by atomic mass is 10.2. The van der Waals surface area contributed by atoms with Crippen molar-refractivity contribution in [2.24, 2.45) is 0 Å². The first kappa shape index (κ1) is 13.0. The molecule has 0 aliphatic rings. The van der Waals surface area contributed by atoms with Crippen LogP contribution in [0.25, 0.3) is 0 Å². The van der Waals surface area contributed by atoms with E-state index in [0.29, 0.717) is 5.69 Å². The molecular formula is C11H16N4O2. The highest BCUT2D eigenvalue weighted by molar-refractivity contribution is 5.68. The number of carbonyl (C=O) groups excluding carboxylic acids is 1. The van der Waals surface area contributed by atoms with Gasteiger partial charge in [0, 0.05) is 0 Å². The van der Waals surface area contributed by atoms with Gasteiger partial charge in [0.25, 0.3) is 0 Å². The van der Waals surface area contributed by atoms with Crippen LogP contribution in [-0.4, -0.2) is 21.9 Å². The maximum atomic E-state index is 11.5. The Morgan fingerprint density at radius 1 is 1.65 bits per heavy atom. The maximum absolute atomic E-state index is 11.5. The summed E-state index contributed by atoms with van der Waals surface area (Å²) in [4.78, 5) is 11.5. The van der Waals surface area contributed by atoms with Crippen molar-refractivity contribution in [1.29, 1.82) is 5.26 Å². The van der Waals surface area contributed by atoms with Crippen molar-refractivity contribution in [3.63, 3.8) is 0 Å². The van der Waals surface area contributed by atoms with Gasteiger partial charge in [-0.15, -0.1) is 0 Å². The Bertz CT molecular complexity index is 439. The number of nitrogens with one attached hydrogen (secondary N) is 2. The van der Waals surface area contributed by atoms with Crippen molar-refractivity contribution in [2.45, 2.75) is 39.3 Å². The molecule has 1 heterocycles. The number of ether oxygens (including phenoxy) is 1. The fraction of sp³-hybridized carbons (Fsp3) is 0.545. The van der Waals surface area contributed by atoms with Crippen LogP contribution in [0.15, 0.2) is 6.07 Å². The number of rotatable bonds is 2. The number of amides is 1. The van der Waals surface area contributed by atoms with Crippen LogP contribution in [0.5, 0.6) is 0 Å². The SMILES string of the molecule is C[C@@H](NC(=O)OC(C)(C)C)c1cc(C#N)n[nH]1. The van der Waals surface area contributed by atoms with Gasteiger partial charge in [-0.2, -0.15) is 10.4 Å². The smallest absolute Gasteiger partial charge is 0.408 e. The van der Waals surface area contributed by atoms with Crippen LogP contribution in [0.4, 0.5) is 4.79 Å². The van der Waals surface area contributed by atoms with Gasteiger partial charge in [-0.3, -0.25) is 5.10 Å². The first-order valence-electron chi connectivity index (χ1n) is 5.27. The number of carbonyl (C=O) groups is 1. The third-order valence-electron chi connectivity index (χ3n) is 1.91. The lowest BCUT2D eigenvalue weighted by Crippen LogP contribution is -2.34. The number of hydrogen-bond acceptors (Lipinski definition) is 4. The molecule has 0 bridgehead atoms. The van der Waals surface area contributed by atoms with Gasteiger partial charge in [-0.05, 0) is 33.8 Å². The van der Waals surface area contributed by atoms with E-state index in [-0.39, 0.29) is 11.7 Å². The van der Waals surface area contributed by atoms with Crippen molar-refractivity contribution in [3.05, 3.63) is 17.5 Å². The van der Waals surface area contributed by atoms with Gasteiger partial charge in [-0.25, -0.2) is 4.79 Å². The van der Waals surface area contributed by atoms with E-state index in [1.807, 2.05) is 6.07 Å². The summed E-state index contributed by atoms with van der Waals surface area (Å²) in [5, 5.41) is 17.7. The second-order valence-corrected chi connectivity index (χ2v) is 4.69. The molecule has 0 spiro atoms. The molecule has 0 unspecified atom stereocenters. The fourth-order valence-electron chi connectivity index (χ4n) is 1.18. The Morgan fingerprint density at radius 2 is 2.29 bits per heavy atom. The first-order chi connectivity index (χ1) is 7.81. The Labute approximate surface area is 100.0 Å². The van der Waals surface area contributed by atoms with Crippen molar-refractivity contribution in [2.75, 3.05) is 0 Å². The molecule has 1 atom stereocenters. The maximum Gasteiger partial charge on any atom is 0.408 e. The molecule has 0 fully saturated rings. The fourth-order valence-corrected chi connectivity index (χ4v) is 1.18. The molecule has 0 saturated heterocycles. The summed E-state index contributed by atoms with van der Waals surface area (Å²) in [6.45, 7) is 7.16. The van der Waals surface area contributed by atoms with E-state index in [2.05, 4.69) is 15.5 Å². The molecule has 0 radical (unpaired) electrons. The van der Waals surface area contributed by atoms with E-state index in [4.69, 9.17) is 10.00 Å². The van der Waals surface area contributed by atoms with Gasteiger partial charge in [0.1, 0.15) is 11.7 Å².